The first-order valence-electron chi connectivity index (χ1n) is 7.46. The second kappa shape index (κ2) is 6.80. The molecule has 1 N–H and O–H groups in total. The van der Waals surface area contributed by atoms with Crippen molar-refractivity contribution in [2.24, 2.45) is 0 Å². The van der Waals surface area contributed by atoms with Gasteiger partial charge in [-0.05, 0) is 42.8 Å². The largest absolute Gasteiger partial charge is 0.324 e. The van der Waals surface area contributed by atoms with E-state index < -0.39 is 6.04 Å². The van der Waals surface area contributed by atoms with Gasteiger partial charge >= 0.3 is 0 Å². The average Bonchev–Trinajstić information content (AvgIpc) is 3.04. The van der Waals surface area contributed by atoms with E-state index in [0.717, 1.165) is 11.1 Å². The van der Waals surface area contributed by atoms with Crippen molar-refractivity contribution in [3.05, 3.63) is 59.1 Å². The zero-order valence-corrected chi connectivity index (χ0v) is 14.0. The minimum atomic E-state index is -0.603. The highest BCUT2D eigenvalue weighted by atomic mass is 35.5. The molecule has 0 spiro atoms. The minimum Gasteiger partial charge on any atom is -0.324 e. The van der Waals surface area contributed by atoms with Gasteiger partial charge < -0.3 is 5.32 Å². The molecule has 2 aromatic carbocycles. The Bertz CT molecular complexity index is 877. The number of nitrogens with zero attached hydrogens (tertiary/aromatic N) is 4. The molecule has 0 bridgehead atoms. The quantitative estimate of drug-likeness (QED) is 0.788. The molecule has 122 valence electrons. The summed E-state index contributed by atoms with van der Waals surface area (Å²) in [5, 5.41) is 15.7. The maximum Gasteiger partial charge on any atom is 0.250 e. The van der Waals surface area contributed by atoms with Gasteiger partial charge in [0.1, 0.15) is 6.04 Å². The van der Waals surface area contributed by atoms with Crippen LogP contribution in [0.3, 0.4) is 0 Å². The topological polar surface area (TPSA) is 72.7 Å². The summed E-state index contributed by atoms with van der Waals surface area (Å²) < 4.78 is 0. The first-order valence-corrected chi connectivity index (χ1v) is 7.84. The number of amides is 1. The van der Waals surface area contributed by atoms with Gasteiger partial charge in [0.15, 0.2) is 0 Å². The lowest BCUT2D eigenvalue weighted by Gasteiger charge is -2.10. The van der Waals surface area contributed by atoms with Crippen molar-refractivity contribution in [2.45, 2.75) is 19.9 Å². The number of carbonyl (C=O) groups excluding carboxylic acids is 1. The van der Waals surface area contributed by atoms with Crippen LogP contribution in [0.15, 0.2) is 48.5 Å². The number of hydrogen-bond donors (Lipinski definition) is 1. The van der Waals surface area contributed by atoms with Gasteiger partial charge in [0.05, 0.1) is 0 Å². The zero-order chi connectivity index (χ0) is 17.1. The molecule has 0 saturated carbocycles. The van der Waals surface area contributed by atoms with Crippen molar-refractivity contribution in [1.82, 2.24) is 20.2 Å². The lowest BCUT2D eigenvalue weighted by Crippen LogP contribution is -2.25. The molecule has 1 atom stereocenters. The lowest BCUT2D eigenvalue weighted by molar-refractivity contribution is -0.119. The van der Waals surface area contributed by atoms with E-state index in [0.29, 0.717) is 16.5 Å². The number of aryl methyl sites for hydroxylation is 1. The average molecular weight is 342 g/mol. The van der Waals surface area contributed by atoms with E-state index >= 15 is 0 Å². The first kappa shape index (κ1) is 16.1. The number of benzene rings is 2. The predicted octanol–water partition coefficient (Wildman–Crippen LogP) is 3.50. The number of carbonyl (C=O) groups is 1. The van der Waals surface area contributed by atoms with Crippen LogP contribution in [0, 0.1) is 6.92 Å². The summed E-state index contributed by atoms with van der Waals surface area (Å²) in [6.45, 7) is 3.69. The van der Waals surface area contributed by atoms with Crippen molar-refractivity contribution in [1.29, 1.82) is 0 Å². The molecule has 0 fully saturated rings. The molecule has 1 aromatic heterocycles. The van der Waals surface area contributed by atoms with Gasteiger partial charge in [0.25, 0.3) is 5.91 Å². The highest BCUT2D eigenvalue weighted by Gasteiger charge is 2.19. The van der Waals surface area contributed by atoms with Crippen LogP contribution in [-0.4, -0.2) is 26.1 Å². The normalized spacial score (nSPS) is 12.0. The Kier molecular flexibility index (Phi) is 4.57. The fourth-order valence-electron chi connectivity index (χ4n) is 2.24. The summed E-state index contributed by atoms with van der Waals surface area (Å²) in [6.07, 6.45) is 0. The zero-order valence-electron chi connectivity index (χ0n) is 13.3. The Morgan fingerprint density at radius 3 is 2.75 bits per heavy atom. The maximum atomic E-state index is 12.4. The maximum absolute atomic E-state index is 12.4. The van der Waals surface area contributed by atoms with Gasteiger partial charge in [-0.2, -0.15) is 4.80 Å². The van der Waals surface area contributed by atoms with E-state index in [1.807, 2.05) is 31.2 Å². The molecule has 6 nitrogen and oxygen atoms in total. The summed E-state index contributed by atoms with van der Waals surface area (Å²) in [5.41, 5.74) is 2.57. The molecule has 0 aliphatic rings. The number of aromatic nitrogens is 4. The molecule has 3 rings (SSSR count). The molecule has 0 aliphatic heterocycles. The highest BCUT2D eigenvalue weighted by Crippen LogP contribution is 2.20. The van der Waals surface area contributed by atoms with Crippen LogP contribution >= 0.6 is 11.6 Å². The van der Waals surface area contributed by atoms with E-state index in [4.69, 9.17) is 11.6 Å². The molecule has 3 aromatic rings. The van der Waals surface area contributed by atoms with E-state index in [9.17, 15) is 4.79 Å². The van der Waals surface area contributed by atoms with Crippen molar-refractivity contribution in [2.75, 3.05) is 5.32 Å². The van der Waals surface area contributed by atoms with E-state index in [-0.39, 0.29) is 5.91 Å². The van der Waals surface area contributed by atoms with Gasteiger partial charge in [-0.3, -0.25) is 4.79 Å². The van der Waals surface area contributed by atoms with Gasteiger partial charge in [-0.1, -0.05) is 41.9 Å². The monoisotopic (exact) mass is 341 g/mol. The third-order valence-electron chi connectivity index (χ3n) is 3.63. The second-order valence-electron chi connectivity index (χ2n) is 5.42. The fourth-order valence-corrected chi connectivity index (χ4v) is 2.43. The first-order chi connectivity index (χ1) is 11.5. The molecule has 0 unspecified atom stereocenters. The smallest absolute Gasteiger partial charge is 0.250 e. The summed E-state index contributed by atoms with van der Waals surface area (Å²) >= 11 is 5.92. The Morgan fingerprint density at radius 2 is 2.00 bits per heavy atom. The van der Waals surface area contributed by atoms with Gasteiger partial charge in [0.2, 0.25) is 5.82 Å². The number of halogens is 1. The number of tetrazole rings is 1. The minimum absolute atomic E-state index is 0.244. The summed E-state index contributed by atoms with van der Waals surface area (Å²) in [7, 11) is 0. The second-order valence-corrected chi connectivity index (χ2v) is 5.86. The van der Waals surface area contributed by atoms with Crippen molar-refractivity contribution >= 4 is 23.2 Å². The van der Waals surface area contributed by atoms with Crippen molar-refractivity contribution < 1.29 is 4.79 Å². The third-order valence-corrected chi connectivity index (χ3v) is 3.87. The predicted molar refractivity (Wildman–Crippen MR) is 92.8 cm³/mol. The molecule has 0 radical (unpaired) electrons. The van der Waals surface area contributed by atoms with Crippen LogP contribution in [0.1, 0.15) is 18.5 Å². The van der Waals surface area contributed by atoms with Crippen molar-refractivity contribution in [3.63, 3.8) is 0 Å². The summed E-state index contributed by atoms with van der Waals surface area (Å²) in [6, 6.07) is 14.1. The van der Waals surface area contributed by atoms with E-state index in [1.54, 1.807) is 31.2 Å². The van der Waals surface area contributed by atoms with Crippen molar-refractivity contribution in [3.8, 4) is 11.4 Å². The Labute approximate surface area is 144 Å². The van der Waals surface area contributed by atoms with Crippen LogP contribution < -0.4 is 5.32 Å². The molecule has 1 amide bonds. The van der Waals surface area contributed by atoms with E-state index in [2.05, 4.69) is 20.7 Å². The van der Waals surface area contributed by atoms with Gasteiger partial charge in [-0.25, -0.2) is 0 Å². The standard InChI is InChI=1S/C17H16ClN5O/c1-11-6-3-4-9-15(11)16-20-22-23(21-16)12(2)17(24)19-14-8-5-7-13(18)10-14/h3-10,12H,1-2H3,(H,19,24)/t12-/m1/s1. The van der Waals surface area contributed by atoms with Gasteiger partial charge in [0, 0.05) is 16.3 Å². The third kappa shape index (κ3) is 3.44. The fraction of sp³-hybridized carbons (Fsp3) is 0.176. The molecule has 1 heterocycles. The number of nitrogens with one attached hydrogen (secondary N) is 1. The van der Waals surface area contributed by atoms with Gasteiger partial charge in [-0.15, -0.1) is 10.2 Å². The Hall–Kier alpha value is -2.73. The Balaban J connectivity index is 1.77. The molecule has 24 heavy (non-hydrogen) atoms. The molecular formula is C17H16ClN5O. The molecule has 7 heteroatoms. The Morgan fingerprint density at radius 1 is 1.21 bits per heavy atom. The lowest BCUT2D eigenvalue weighted by atomic mass is 10.1. The highest BCUT2D eigenvalue weighted by molar-refractivity contribution is 6.30. The number of anilines is 1. The molecular weight excluding hydrogens is 326 g/mol. The van der Waals surface area contributed by atoms with Crippen LogP contribution in [0.25, 0.3) is 11.4 Å². The number of rotatable bonds is 4. The summed E-state index contributed by atoms with van der Waals surface area (Å²) in [4.78, 5) is 13.7. The number of hydrogen-bond acceptors (Lipinski definition) is 4. The SMILES string of the molecule is Cc1ccccc1-c1nnn([C@H](C)C(=O)Nc2cccc(Cl)c2)n1. The molecule has 0 aliphatic carbocycles. The van der Waals surface area contributed by atoms with Crippen LogP contribution in [-0.2, 0) is 4.79 Å². The van der Waals surface area contributed by atoms with Crippen LogP contribution in [0.4, 0.5) is 5.69 Å². The summed E-state index contributed by atoms with van der Waals surface area (Å²) in [5.74, 6) is 0.251. The van der Waals surface area contributed by atoms with E-state index in [1.165, 1.54) is 4.80 Å². The molecule has 0 saturated heterocycles. The van der Waals surface area contributed by atoms with Crippen LogP contribution in [0.5, 0.6) is 0 Å². The van der Waals surface area contributed by atoms with Crippen LogP contribution in [0.2, 0.25) is 5.02 Å².